The molecule has 1 aliphatic rings. The highest BCUT2D eigenvalue weighted by Gasteiger charge is 2.33. The number of amides is 1. The van der Waals surface area contributed by atoms with Crippen LogP contribution in [-0.4, -0.2) is 34.6 Å². The van der Waals surface area contributed by atoms with E-state index in [1.54, 1.807) is 26.2 Å². The Kier molecular flexibility index (Phi) is 3.87. The lowest BCUT2D eigenvalue weighted by atomic mass is 9.91. The SMILES string of the molecule is COc1cc(C2c3[nH]c4ccc(O)cc4c3CCN2C(C)=O)ccc1C. The summed E-state index contributed by atoms with van der Waals surface area (Å²) in [5.74, 6) is 1.11. The Morgan fingerprint density at radius 2 is 2.08 bits per heavy atom. The van der Waals surface area contributed by atoms with Crippen LogP contribution in [0.25, 0.3) is 10.9 Å². The van der Waals surface area contributed by atoms with E-state index < -0.39 is 0 Å². The second kappa shape index (κ2) is 6.09. The monoisotopic (exact) mass is 350 g/mol. The van der Waals surface area contributed by atoms with E-state index in [0.717, 1.165) is 45.5 Å². The Labute approximate surface area is 152 Å². The highest BCUT2D eigenvalue weighted by molar-refractivity contribution is 5.87. The maximum atomic E-state index is 12.3. The molecule has 0 aliphatic carbocycles. The van der Waals surface area contributed by atoms with Gasteiger partial charge in [-0.25, -0.2) is 0 Å². The number of aryl methyl sites for hydroxylation is 1. The number of fused-ring (bicyclic) bond motifs is 3. The fraction of sp³-hybridized carbons (Fsp3) is 0.286. The molecule has 2 aromatic carbocycles. The Morgan fingerprint density at radius 1 is 1.27 bits per heavy atom. The lowest BCUT2D eigenvalue weighted by molar-refractivity contribution is -0.130. The zero-order valence-electron chi connectivity index (χ0n) is 15.2. The number of methoxy groups -OCH3 is 1. The number of aromatic hydroxyl groups is 1. The molecule has 0 bridgehead atoms. The summed E-state index contributed by atoms with van der Waals surface area (Å²) < 4.78 is 5.49. The van der Waals surface area contributed by atoms with E-state index in [2.05, 4.69) is 11.1 Å². The van der Waals surface area contributed by atoms with Gasteiger partial charge in [-0.2, -0.15) is 0 Å². The number of carbonyl (C=O) groups is 1. The van der Waals surface area contributed by atoms with Crippen LogP contribution in [0.4, 0.5) is 0 Å². The van der Waals surface area contributed by atoms with Gasteiger partial charge in [-0.1, -0.05) is 12.1 Å². The number of carbonyl (C=O) groups excluding carboxylic acids is 1. The number of hydrogen-bond acceptors (Lipinski definition) is 3. The van der Waals surface area contributed by atoms with Crippen LogP contribution in [-0.2, 0) is 11.2 Å². The quantitative estimate of drug-likeness (QED) is 0.741. The number of benzene rings is 2. The molecule has 4 rings (SSSR count). The maximum absolute atomic E-state index is 12.3. The minimum Gasteiger partial charge on any atom is -0.508 e. The molecule has 1 aliphatic heterocycles. The van der Waals surface area contributed by atoms with E-state index in [0.29, 0.717) is 6.54 Å². The summed E-state index contributed by atoms with van der Waals surface area (Å²) in [6.45, 7) is 4.26. The van der Waals surface area contributed by atoms with Gasteiger partial charge in [-0.3, -0.25) is 4.79 Å². The molecule has 1 amide bonds. The van der Waals surface area contributed by atoms with Crippen LogP contribution in [0.5, 0.6) is 11.5 Å². The average Bonchev–Trinajstić information content (AvgIpc) is 2.99. The summed E-state index contributed by atoms with van der Waals surface area (Å²) in [6, 6.07) is 11.2. The number of aromatic nitrogens is 1. The summed E-state index contributed by atoms with van der Waals surface area (Å²) >= 11 is 0. The highest BCUT2D eigenvalue weighted by atomic mass is 16.5. The first-order chi connectivity index (χ1) is 12.5. The molecule has 0 spiro atoms. The fourth-order valence-electron chi connectivity index (χ4n) is 3.97. The predicted molar refractivity (Wildman–Crippen MR) is 101 cm³/mol. The second-order valence-electron chi connectivity index (χ2n) is 6.84. The molecule has 1 unspecified atom stereocenters. The van der Waals surface area contributed by atoms with Crippen LogP contribution in [0, 0.1) is 6.92 Å². The fourth-order valence-corrected chi connectivity index (χ4v) is 3.97. The largest absolute Gasteiger partial charge is 0.508 e. The molecule has 26 heavy (non-hydrogen) atoms. The zero-order valence-corrected chi connectivity index (χ0v) is 15.2. The van der Waals surface area contributed by atoms with Crippen LogP contribution in [0.2, 0.25) is 0 Å². The van der Waals surface area contributed by atoms with Crippen molar-refractivity contribution in [1.29, 1.82) is 0 Å². The van der Waals surface area contributed by atoms with Gasteiger partial charge in [0.05, 0.1) is 13.2 Å². The molecule has 0 saturated carbocycles. The van der Waals surface area contributed by atoms with Gasteiger partial charge in [0.1, 0.15) is 11.5 Å². The van der Waals surface area contributed by atoms with Gasteiger partial charge in [-0.15, -0.1) is 0 Å². The summed E-state index contributed by atoms with van der Waals surface area (Å²) in [5.41, 5.74) is 5.22. The van der Waals surface area contributed by atoms with Crippen molar-refractivity contribution in [1.82, 2.24) is 9.88 Å². The van der Waals surface area contributed by atoms with Crippen molar-refractivity contribution < 1.29 is 14.6 Å². The molecular formula is C21H22N2O3. The number of H-pyrrole nitrogens is 1. The Hall–Kier alpha value is -2.95. The van der Waals surface area contributed by atoms with Gasteiger partial charge in [-0.05, 0) is 54.3 Å². The molecule has 1 aromatic heterocycles. The summed E-state index contributed by atoms with van der Waals surface area (Å²) in [6.07, 6.45) is 0.762. The number of aromatic amines is 1. The van der Waals surface area contributed by atoms with Crippen LogP contribution in [0.1, 0.15) is 35.3 Å². The van der Waals surface area contributed by atoms with Crippen LogP contribution < -0.4 is 4.74 Å². The van der Waals surface area contributed by atoms with E-state index in [1.807, 2.05) is 30.0 Å². The number of hydrogen-bond donors (Lipinski definition) is 2. The molecule has 134 valence electrons. The zero-order chi connectivity index (χ0) is 18.4. The number of phenols is 1. The van der Waals surface area contributed by atoms with Gasteiger partial charge >= 0.3 is 0 Å². The Morgan fingerprint density at radius 3 is 2.81 bits per heavy atom. The number of rotatable bonds is 2. The lowest BCUT2D eigenvalue weighted by Crippen LogP contribution is -2.39. The molecule has 2 heterocycles. The number of phenolic OH excluding ortho intramolecular Hbond substituents is 1. The summed E-state index contributed by atoms with van der Waals surface area (Å²) in [7, 11) is 1.66. The number of nitrogens with zero attached hydrogens (tertiary/aromatic N) is 1. The molecule has 1 atom stereocenters. The minimum absolute atomic E-state index is 0.0432. The number of ether oxygens (including phenoxy) is 1. The van der Waals surface area contributed by atoms with E-state index >= 15 is 0 Å². The van der Waals surface area contributed by atoms with Gasteiger partial charge < -0.3 is 19.7 Å². The molecule has 2 N–H and O–H groups in total. The second-order valence-corrected chi connectivity index (χ2v) is 6.84. The van der Waals surface area contributed by atoms with E-state index in [4.69, 9.17) is 4.74 Å². The van der Waals surface area contributed by atoms with Gasteiger partial charge in [0.25, 0.3) is 0 Å². The first kappa shape index (κ1) is 16.5. The van der Waals surface area contributed by atoms with E-state index in [9.17, 15) is 9.90 Å². The standard InChI is InChI=1S/C21H22N2O3/c1-12-4-5-14(10-19(12)26-3)21-20-16(8-9-23(21)13(2)24)17-11-15(25)6-7-18(17)22-20/h4-7,10-11,21-22,25H,8-9H2,1-3H3. The van der Waals surface area contributed by atoms with Gasteiger partial charge in [0, 0.05) is 30.1 Å². The summed E-state index contributed by atoms with van der Waals surface area (Å²) in [4.78, 5) is 17.7. The van der Waals surface area contributed by atoms with Crippen LogP contribution in [0.15, 0.2) is 36.4 Å². The van der Waals surface area contributed by atoms with Crippen molar-refractivity contribution in [2.24, 2.45) is 0 Å². The van der Waals surface area contributed by atoms with Crippen LogP contribution >= 0.6 is 0 Å². The highest BCUT2D eigenvalue weighted by Crippen LogP contribution is 2.40. The van der Waals surface area contributed by atoms with Crippen molar-refractivity contribution in [3.05, 3.63) is 58.8 Å². The predicted octanol–water partition coefficient (Wildman–Crippen LogP) is 3.68. The molecule has 0 fully saturated rings. The van der Waals surface area contributed by atoms with Crippen molar-refractivity contribution in [3.8, 4) is 11.5 Å². The molecule has 3 aromatic rings. The average molecular weight is 350 g/mol. The van der Waals surface area contributed by atoms with E-state index in [-0.39, 0.29) is 17.7 Å². The minimum atomic E-state index is -0.194. The summed E-state index contributed by atoms with van der Waals surface area (Å²) in [5, 5.41) is 10.9. The number of nitrogens with one attached hydrogen (secondary N) is 1. The maximum Gasteiger partial charge on any atom is 0.220 e. The van der Waals surface area contributed by atoms with E-state index in [1.165, 1.54) is 0 Å². The topological polar surface area (TPSA) is 65.6 Å². The van der Waals surface area contributed by atoms with Crippen molar-refractivity contribution in [2.45, 2.75) is 26.3 Å². The third kappa shape index (κ3) is 2.51. The molecule has 5 heteroatoms. The van der Waals surface area contributed by atoms with Crippen molar-refractivity contribution in [2.75, 3.05) is 13.7 Å². The first-order valence-electron chi connectivity index (χ1n) is 8.75. The van der Waals surface area contributed by atoms with Gasteiger partial charge in [0.2, 0.25) is 5.91 Å². The molecular weight excluding hydrogens is 328 g/mol. The third-order valence-corrected chi connectivity index (χ3v) is 5.26. The third-order valence-electron chi connectivity index (χ3n) is 5.26. The van der Waals surface area contributed by atoms with Gasteiger partial charge in [0.15, 0.2) is 0 Å². The smallest absolute Gasteiger partial charge is 0.220 e. The molecule has 5 nitrogen and oxygen atoms in total. The Balaban J connectivity index is 1.93. The normalized spacial score (nSPS) is 16.6. The molecule has 0 radical (unpaired) electrons. The van der Waals surface area contributed by atoms with Crippen molar-refractivity contribution >= 4 is 16.8 Å². The molecule has 0 saturated heterocycles. The van der Waals surface area contributed by atoms with Crippen molar-refractivity contribution in [3.63, 3.8) is 0 Å². The Bertz CT molecular complexity index is 1010. The van der Waals surface area contributed by atoms with Crippen LogP contribution in [0.3, 0.4) is 0 Å². The first-order valence-corrected chi connectivity index (χ1v) is 8.75. The lowest BCUT2D eigenvalue weighted by Gasteiger charge is -2.35.